The van der Waals surface area contributed by atoms with Crippen molar-refractivity contribution in [2.45, 2.75) is 0 Å². The van der Waals surface area contributed by atoms with Gasteiger partial charge in [0.2, 0.25) is 0 Å². The van der Waals surface area contributed by atoms with Gasteiger partial charge in [-0.05, 0) is 46.0 Å². The van der Waals surface area contributed by atoms with Crippen LogP contribution in [0.25, 0.3) is 33.4 Å². The Bertz CT molecular complexity index is 951. The van der Waals surface area contributed by atoms with E-state index in [0.717, 1.165) is 16.7 Å². The van der Waals surface area contributed by atoms with Crippen LogP contribution in [0.2, 0.25) is 0 Å². The first-order valence-electron chi connectivity index (χ1n) is 7.77. The first kappa shape index (κ1) is 14.3. The molecule has 0 saturated heterocycles. The lowest BCUT2D eigenvalue weighted by Crippen LogP contribution is -1.88. The molecule has 0 unspecified atom stereocenters. The maximum Gasteiger partial charge on any atom is 0.115 e. The molecule has 4 aromatic rings. The van der Waals surface area contributed by atoms with Gasteiger partial charge in [0.1, 0.15) is 6.33 Å². The van der Waals surface area contributed by atoms with Crippen molar-refractivity contribution in [1.82, 2.24) is 15.0 Å². The largest absolute Gasteiger partial charge is 0.265 e. The Balaban J connectivity index is 1.84. The molecule has 3 nitrogen and oxygen atoms in total. The van der Waals surface area contributed by atoms with Gasteiger partial charge in [-0.3, -0.25) is 4.98 Å². The van der Waals surface area contributed by atoms with E-state index in [1.165, 1.54) is 16.7 Å². The van der Waals surface area contributed by atoms with Crippen LogP contribution in [-0.2, 0) is 0 Å². The number of hydrogen-bond donors (Lipinski definition) is 0. The van der Waals surface area contributed by atoms with Crippen molar-refractivity contribution in [1.29, 1.82) is 0 Å². The van der Waals surface area contributed by atoms with E-state index < -0.39 is 0 Å². The molecule has 0 aliphatic carbocycles. The predicted molar refractivity (Wildman–Crippen MR) is 96.1 cm³/mol. The van der Waals surface area contributed by atoms with Gasteiger partial charge >= 0.3 is 0 Å². The zero-order valence-corrected chi connectivity index (χ0v) is 13.0. The normalized spacial score (nSPS) is 10.5. The van der Waals surface area contributed by atoms with Crippen LogP contribution in [0.15, 0.2) is 91.8 Å². The Kier molecular flexibility index (Phi) is 3.82. The average Bonchev–Trinajstić information content (AvgIpc) is 2.69. The first-order chi connectivity index (χ1) is 11.9. The summed E-state index contributed by atoms with van der Waals surface area (Å²) >= 11 is 0. The molecular formula is C21H15N3. The number of benzene rings is 2. The van der Waals surface area contributed by atoms with Gasteiger partial charge in [-0.15, -0.1) is 0 Å². The summed E-state index contributed by atoms with van der Waals surface area (Å²) < 4.78 is 0. The van der Waals surface area contributed by atoms with E-state index in [2.05, 4.69) is 57.4 Å². The van der Waals surface area contributed by atoms with Crippen LogP contribution in [0.3, 0.4) is 0 Å². The number of rotatable bonds is 3. The lowest BCUT2D eigenvalue weighted by atomic mass is 9.94. The lowest BCUT2D eigenvalue weighted by molar-refractivity contribution is 1.17. The maximum atomic E-state index is 4.14. The Morgan fingerprint density at radius 3 is 1.92 bits per heavy atom. The Morgan fingerprint density at radius 1 is 0.500 bits per heavy atom. The van der Waals surface area contributed by atoms with E-state index >= 15 is 0 Å². The molecule has 0 bridgehead atoms. The van der Waals surface area contributed by atoms with E-state index in [9.17, 15) is 0 Å². The number of hydrogen-bond acceptors (Lipinski definition) is 3. The van der Waals surface area contributed by atoms with Crippen LogP contribution in [0.1, 0.15) is 0 Å². The molecule has 114 valence electrons. The highest BCUT2D eigenvalue weighted by molar-refractivity contribution is 5.84. The SMILES string of the molecule is c1cc(-c2ccncc2)cc(-c2ccccc2-c2cncnc2)c1. The van der Waals surface area contributed by atoms with Crippen LogP contribution in [0.4, 0.5) is 0 Å². The van der Waals surface area contributed by atoms with Gasteiger partial charge in [-0.1, -0.05) is 42.5 Å². The van der Waals surface area contributed by atoms with Crippen molar-refractivity contribution in [3.8, 4) is 33.4 Å². The minimum Gasteiger partial charge on any atom is -0.265 e. The molecule has 3 heteroatoms. The Labute approximate surface area is 140 Å². The first-order valence-corrected chi connectivity index (χ1v) is 7.77. The summed E-state index contributed by atoms with van der Waals surface area (Å²) in [5.74, 6) is 0. The van der Waals surface area contributed by atoms with Crippen molar-refractivity contribution < 1.29 is 0 Å². The standard InChI is InChI=1S/C21H15N3/c1-2-7-21(19-13-23-15-24-14-19)20(6-1)18-5-3-4-17(12-18)16-8-10-22-11-9-16/h1-15H. The monoisotopic (exact) mass is 309 g/mol. The molecule has 0 aliphatic heterocycles. The van der Waals surface area contributed by atoms with Gasteiger partial charge in [0.05, 0.1) is 0 Å². The van der Waals surface area contributed by atoms with Crippen molar-refractivity contribution >= 4 is 0 Å². The summed E-state index contributed by atoms with van der Waals surface area (Å²) in [6, 6.07) is 20.9. The molecule has 4 rings (SSSR count). The summed E-state index contributed by atoms with van der Waals surface area (Å²) in [6.45, 7) is 0. The fraction of sp³-hybridized carbons (Fsp3) is 0. The fourth-order valence-electron chi connectivity index (χ4n) is 2.84. The molecular weight excluding hydrogens is 294 g/mol. The van der Waals surface area contributed by atoms with Crippen molar-refractivity contribution in [2.75, 3.05) is 0 Å². The van der Waals surface area contributed by atoms with Crippen LogP contribution in [0.5, 0.6) is 0 Å². The van der Waals surface area contributed by atoms with E-state index in [0.29, 0.717) is 0 Å². The van der Waals surface area contributed by atoms with Gasteiger partial charge in [-0.2, -0.15) is 0 Å². The molecule has 0 spiro atoms. The maximum absolute atomic E-state index is 4.14. The third kappa shape index (κ3) is 2.79. The third-order valence-corrected chi connectivity index (χ3v) is 3.99. The topological polar surface area (TPSA) is 38.7 Å². The highest BCUT2D eigenvalue weighted by atomic mass is 14.8. The van der Waals surface area contributed by atoms with Crippen molar-refractivity contribution in [2.24, 2.45) is 0 Å². The van der Waals surface area contributed by atoms with Gasteiger partial charge in [0.25, 0.3) is 0 Å². The zero-order chi connectivity index (χ0) is 16.2. The quantitative estimate of drug-likeness (QED) is 0.542. The predicted octanol–water partition coefficient (Wildman–Crippen LogP) is 4.87. The molecule has 0 amide bonds. The summed E-state index contributed by atoms with van der Waals surface area (Å²) in [5.41, 5.74) is 6.82. The fourth-order valence-corrected chi connectivity index (χ4v) is 2.84. The average molecular weight is 309 g/mol. The number of nitrogens with zero attached hydrogens (tertiary/aromatic N) is 3. The second kappa shape index (κ2) is 6.42. The molecule has 0 aliphatic rings. The van der Waals surface area contributed by atoms with Gasteiger partial charge in [0, 0.05) is 30.4 Å². The highest BCUT2D eigenvalue weighted by Gasteiger charge is 2.08. The van der Waals surface area contributed by atoms with E-state index in [1.807, 2.05) is 43.0 Å². The molecule has 2 aromatic carbocycles. The van der Waals surface area contributed by atoms with Crippen LogP contribution in [0, 0.1) is 0 Å². The number of aromatic nitrogens is 3. The van der Waals surface area contributed by atoms with Crippen LogP contribution < -0.4 is 0 Å². The van der Waals surface area contributed by atoms with E-state index in [4.69, 9.17) is 0 Å². The molecule has 2 aromatic heterocycles. The van der Waals surface area contributed by atoms with Gasteiger partial charge < -0.3 is 0 Å². The second-order valence-corrected chi connectivity index (χ2v) is 5.49. The van der Waals surface area contributed by atoms with Crippen molar-refractivity contribution in [3.63, 3.8) is 0 Å². The van der Waals surface area contributed by atoms with Crippen LogP contribution >= 0.6 is 0 Å². The van der Waals surface area contributed by atoms with Gasteiger partial charge in [0.15, 0.2) is 0 Å². The molecule has 0 saturated carbocycles. The van der Waals surface area contributed by atoms with Crippen molar-refractivity contribution in [3.05, 3.63) is 91.8 Å². The number of pyridine rings is 1. The Morgan fingerprint density at radius 2 is 1.17 bits per heavy atom. The smallest absolute Gasteiger partial charge is 0.115 e. The minimum absolute atomic E-state index is 1.02. The molecule has 2 heterocycles. The summed E-state index contributed by atoms with van der Waals surface area (Å²) in [4.78, 5) is 12.4. The molecule has 0 N–H and O–H groups in total. The second-order valence-electron chi connectivity index (χ2n) is 5.49. The van der Waals surface area contributed by atoms with E-state index in [-0.39, 0.29) is 0 Å². The molecule has 24 heavy (non-hydrogen) atoms. The minimum atomic E-state index is 1.02. The van der Waals surface area contributed by atoms with Crippen LogP contribution in [-0.4, -0.2) is 15.0 Å². The highest BCUT2D eigenvalue weighted by Crippen LogP contribution is 2.33. The summed E-state index contributed by atoms with van der Waals surface area (Å²) in [7, 11) is 0. The Hall–Kier alpha value is -3.33. The third-order valence-electron chi connectivity index (χ3n) is 3.99. The van der Waals surface area contributed by atoms with Gasteiger partial charge in [-0.25, -0.2) is 9.97 Å². The van der Waals surface area contributed by atoms with E-state index in [1.54, 1.807) is 6.33 Å². The molecule has 0 fully saturated rings. The summed E-state index contributed by atoms with van der Waals surface area (Å²) in [6.07, 6.45) is 8.88. The molecule has 0 radical (unpaired) electrons. The summed E-state index contributed by atoms with van der Waals surface area (Å²) in [5, 5.41) is 0. The zero-order valence-electron chi connectivity index (χ0n) is 13.0. The molecule has 0 atom stereocenters. The lowest BCUT2D eigenvalue weighted by Gasteiger charge is -2.11.